The van der Waals surface area contributed by atoms with Crippen LogP contribution in [0.15, 0.2) is 54.6 Å². The summed E-state index contributed by atoms with van der Waals surface area (Å²) >= 11 is 0. The minimum atomic E-state index is -0.572. The first-order chi connectivity index (χ1) is 11.6. The molecule has 4 heteroatoms. The molecular weight excluding hydrogens is 302 g/mol. The number of ether oxygens (including phenoxy) is 1. The van der Waals surface area contributed by atoms with E-state index in [1.807, 2.05) is 61.5 Å². The van der Waals surface area contributed by atoms with Crippen molar-refractivity contribution in [2.75, 3.05) is 13.2 Å². The van der Waals surface area contributed by atoms with Crippen LogP contribution in [0.2, 0.25) is 0 Å². The molecule has 2 atom stereocenters. The van der Waals surface area contributed by atoms with Gasteiger partial charge in [0.2, 0.25) is 0 Å². The Morgan fingerprint density at radius 2 is 1.92 bits per heavy atom. The Morgan fingerprint density at radius 1 is 1.17 bits per heavy atom. The fourth-order valence-corrected chi connectivity index (χ4v) is 2.58. The second-order valence-electron chi connectivity index (χ2n) is 5.94. The minimum Gasteiger partial charge on any atom is -0.481 e. The number of aryl methyl sites for hydroxylation is 1. The SMILES string of the molecule is Cc1cccc(OC(C)C(=O)NCC(CCO)c2ccccc2)c1. The Morgan fingerprint density at radius 3 is 2.58 bits per heavy atom. The van der Waals surface area contributed by atoms with Crippen molar-refractivity contribution in [1.82, 2.24) is 5.32 Å². The average molecular weight is 327 g/mol. The molecule has 2 unspecified atom stereocenters. The number of hydrogen-bond donors (Lipinski definition) is 2. The summed E-state index contributed by atoms with van der Waals surface area (Å²) in [5.74, 6) is 0.620. The molecule has 0 bridgehead atoms. The van der Waals surface area contributed by atoms with Crippen LogP contribution in [0.1, 0.15) is 30.4 Å². The number of rotatable bonds is 8. The van der Waals surface area contributed by atoms with Gasteiger partial charge in [-0.3, -0.25) is 4.79 Å². The van der Waals surface area contributed by atoms with Gasteiger partial charge in [-0.1, -0.05) is 42.5 Å². The smallest absolute Gasteiger partial charge is 0.260 e. The number of nitrogens with one attached hydrogen (secondary N) is 1. The molecule has 0 spiro atoms. The first-order valence-corrected chi connectivity index (χ1v) is 8.27. The highest BCUT2D eigenvalue weighted by Gasteiger charge is 2.17. The third-order valence-electron chi connectivity index (χ3n) is 3.94. The van der Waals surface area contributed by atoms with Crippen LogP contribution in [0.5, 0.6) is 5.75 Å². The summed E-state index contributed by atoms with van der Waals surface area (Å²) in [6.07, 6.45) is 0.0366. The summed E-state index contributed by atoms with van der Waals surface area (Å²) in [7, 11) is 0. The summed E-state index contributed by atoms with van der Waals surface area (Å²) in [5, 5.41) is 12.2. The second-order valence-corrected chi connectivity index (χ2v) is 5.94. The number of benzene rings is 2. The molecule has 0 fully saturated rings. The fourth-order valence-electron chi connectivity index (χ4n) is 2.58. The molecule has 24 heavy (non-hydrogen) atoms. The van der Waals surface area contributed by atoms with E-state index in [-0.39, 0.29) is 18.4 Å². The molecule has 2 N–H and O–H groups in total. The highest BCUT2D eigenvalue weighted by Crippen LogP contribution is 2.18. The molecule has 2 aromatic rings. The van der Waals surface area contributed by atoms with Crippen molar-refractivity contribution in [3.05, 3.63) is 65.7 Å². The van der Waals surface area contributed by atoms with Gasteiger partial charge in [-0.15, -0.1) is 0 Å². The zero-order chi connectivity index (χ0) is 17.4. The van der Waals surface area contributed by atoms with Gasteiger partial charge in [-0.05, 0) is 43.5 Å². The summed E-state index contributed by atoms with van der Waals surface area (Å²) in [4.78, 5) is 12.3. The first kappa shape index (κ1) is 18.0. The van der Waals surface area contributed by atoms with E-state index < -0.39 is 6.10 Å². The van der Waals surface area contributed by atoms with Crippen molar-refractivity contribution in [1.29, 1.82) is 0 Å². The van der Waals surface area contributed by atoms with Crippen LogP contribution in [0.4, 0.5) is 0 Å². The van der Waals surface area contributed by atoms with Crippen LogP contribution in [0.3, 0.4) is 0 Å². The maximum absolute atomic E-state index is 12.3. The molecule has 128 valence electrons. The lowest BCUT2D eigenvalue weighted by molar-refractivity contribution is -0.127. The van der Waals surface area contributed by atoms with Crippen molar-refractivity contribution < 1.29 is 14.6 Å². The number of hydrogen-bond acceptors (Lipinski definition) is 3. The molecule has 1 amide bonds. The molecule has 0 saturated heterocycles. The number of carbonyl (C=O) groups excluding carboxylic acids is 1. The Balaban J connectivity index is 1.90. The Bertz CT molecular complexity index is 642. The van der Waals surface area contributed by atoms with Gasteiger partial charge in [-0.2, -0.15) is 0 Å². The number of carbonyl (C=O) groups is 1. The molecule has 4 nitrogen and oxygen atoms in total. The lowest BCUT2D eigenvalue weighted by Crippen LogP contribution is -2.38. The van der Waals surface area contributed by atoms with Crippen LogP contribution in [-0.2, 0) is 4.79 Å². The van der Waals surface area contributed by atoms with Gasteiger partial charge in [0.05, 0.1) is 0 Å². The molecule has 0 heterocycles. The van der Waals surface area contributed by atoms with Gasteiger partial charge in [0, 0.05) is 19.1 Å². The van der Waals surface area contributed by atoms with E-state index in [0.717, 1.165) is 11.1 Å². The van der Waals surface area contributed by atoms with E-state index in [9.17, 15) is 9.90 Å². The van der Waals surface area contributed by atoms with Crippen molar-refractivity contribution in [2.45, 2.75) is 32.3 Å². The number of aliphatic hydroxyl groups excluding tert-OH is 1. The zero-order valence-corrected chi connectivity index (χ0v) is 14.2. The highest BCUT2D eigenvalue weighted by atomic mass is 16.5. The molecule has 2 rings (SSSR count). The van der Waals surface area contributed by atoms with E-state index in [2.05, 4.69) is 5.32 Å². The standard InChI is InChI=1S/C20H25NO3/c1-15-7-6-10-19(13-15)24-16(2)20(23)21-14-18(11-12-22)17-8-4-3-5-9-17/h3-10,13,16,18,22H,11-12,14H2,1-2H3,(H,21,23). The first-order valence-electron chi connectivity index (χ1n) is 8.27. The summed E-state index contributed by atoms with van der Waals surface area (Å²) in [5.41, 5.74) is 2.20. The molecule has 0 aliphatic carbocycles. The van der Waals surface area contributed by atoms with Crippen molar-refractivity contribution in [3.63, 3.8) is 0 Å². The molecule has 0 aromatic heterocycles. The van der Waals surface area contributed by atoms with E-state index in [1.165, 1.54) is 0 Å². The fraction of sp³-hybridized carbons (Fsp3) is 0.350. The summed E-state index contributed by atoms with van der Waals surface area (Å²) in [6, 6.07) is 17.5. The Labute approximate surface area is 143 Å². The van der Waals surface area contributed by atoms with Crippen molar-refractivity contribution in [3.8, 4) is 5.75 Å². The third kappa shape index (κ3) is 5.39. The van der Waals surface area contributed by atoms with Crippen LogP contribution >= 0.6 is 0 Å². The van der Waals surface area contributed by atoms with E-state index >= 15 is 0 Å². The van der Waals surface area contributed by atoms with Gasteiger partial charge in [0.15, 0.2) is 6.10 Å². The zero-order valence-electron chi connectivity index (χ0n) is 14.2. The largest absolute Gasteiger partial charge is 0.481 e. The van der Waals surface area contributed by atoms with Crippen LogP contribution in [0.25, 0.3) is 0 Å². The topological polar surface area (TPSA) is 58.6 Å². The molecule has 0 radical (unpaired) electrons. The quantitative estimate of drug-likeness (QED) is 0.783. The van der Waals surface area contributed by atoms with Gasteiger partial charge >= 0.3 is 0 Å². The van der Waals surface area contributed by atoms with Gasteiger partial charge in [0.25, 0.3) is 5.91 Å². The predicted octanol–water partition coefficient (Wildman–Crippen LogP) is 3.04. The summed E-state index contributed by atoms with van der Waals surface area (Å²) in [6.45, 7) is 4.29. The predicted molar refractivity (Wildman–Crippen MR) is 95.2 cm³/mol. The highest BCUT2D eigenvalue weighted by molar-refractivity contribution is 5.80. The monoisotopic (exact) mass is 327 g/mol. The molecule has 0 aliphatic rings. The number of amides is 1. The van der Waals surface area contributed by atoms with E-state index in [0.29, 0.717) is 18.7 Å². The lowest BCUT2D eigenvalue weighted by Gasteiger charge is -2.19. The maximum Gasteiger partial charge on any atom is 0.260 e. The summed E-state index contributed by atoms with van der Waals surface area (Å²) < 4.78 is 5.69. The normalized spacial score (nSPS) is 13.1. The maximum atomic E-state index is 12.3. The van der Waals surface area contributed by atoms with Crippen LogP contribution in [-0.4, -0.2) is 30.3 Å². The van der Waals surface area contributed by atoms with Crippen molar-refractivity contribution >= 4 is 5.91 Å². The van der Waals surface area contributed by atoms with Gasteiger partial charge < -0.3 is 15.2 Å². The molecule has 2 aromatic carbocycles. The lowest BCUT2D eigenvalue weighted by atomic mass is 9.96. The molecule has 0 saturated carbocycles. The Kier molecular flexibility index (Phi) is 6.82. The number of aliphatic hydroxyl groups is 1. The average Bonchev–Trinajstić information content (AvgIpc) is 2.59. The van der Waals surface area contributed by atoms with Crippen LogP contribution < -0.4 is 10.1 Å². The molecular formula is C20H25NO3. The van der Waals surface area contributed by atoms with E-state index in [1.54, 1.807) is 6.92 Å². The van der Waals surface area contributed by atoms with Gasteiger partial charge in [-0.25, -0.2) is 0 Å². The second kappa shape index (κ2) is 9.08. The third-order valence-corrected chi connectivity index (χ3v) is 3.94. The van der Waals surface area contributed by atoms with Crippen molar-refractivity contribution in [2.24, 2.45) is 0 Å². The van der Waals surface area contributed by atoms with E-state index in [4.69, 9.17) is 4.74 Å². The molecule has 0 aliphatic heterocycles. The van der Waals surface area contributed by atoms with Crippen LogP contribution in [0, 0.1) is 6.92 Å². The minimum absolute atomic E-state index is 0.0881. The Hall–Kier alpha value is -2.33. The van der Waals surface area contributed by atoms with Gasteiger partial charge in [0.1, 0.15) is 5.75 Å².